The Morgan fingerprint density at radius 2 is 2.40 bits per heavy atom. The molecule has 0 aliphatic rings. The molecular weight excluding hydrogens is 210 g/mol. The molecule has 1 aromatic carbocycles. The van der Waals surface area contributed by atoms with E-state index in [0.717, 1.165) is 11.3 Å². The molecule has 0 bridgehead atoms. The van der Waals surface area contributed by atoms with Gasteiger partial charge in [-0.1, -0.05) is 25.1 Å². The Kier molecular flexibility index (Phi) is 3.40. The summed E-state index contributed by atoms with van der Waals surface area (Å²) in [5, 5.41) is 1.78. The zero-order chi connectivity index (χ0) is 13.6. The first-order valence-corrected chi connectivity index (χ1v) is 5.73. The van der Waals surface area contributed by atoms with Gasteiger partial charge in [-0.15, -0.1) is 0 Å². The van der Waals surface area contributed by atoms with Gasteiger partial charge < -0.3 is 10.1 Å². The van der Waals surface area contributed by atoms with E-state index in [0.29, 0.717) is 11.5 Å². The molecule has 0 unspecified atom stereocenters. The second-order valence-corrected chi connectivity index (χ2v) is 4.03. The van der Waals surface area contributed by atoms with Crippen molar-refractivity contribution in [3.05, 3.63) is 29.8 Å². The van der Waals surface area contributed by atoms with Crippen molar-refractivity contribution in [1.29, 1.82) is 0 Å². The summed E-state index contributed by atoms with van der Waals surface area (Å²) >= 11 is 1.69. The van der Waals surface area contributed by atoms with E-state index in [1.54, 1.807) is 29.2 Å². The minimum absolute atomic E-state index is 0.389. The summed E-state index contributed by atoms with van der Waals surface area (Å²) < 4.78 is 25.7. The fourth-order valence-corrected chi connectivity index (χ4v) is 1.72. The van der Waals surface area contributed by atoms with Crippen LogP contribution in [0.1, 0.15) is 16.6 Å². The van der Waals surface area contributed by atoms with Gasteiger partial charge in [0.05, 0.1) is 0 Å². The molecule has 0 atom stereocenters. The number of thioether (sulfide) groups is 1. The minimum atomic E-state index is -2.54. The normalized spacial score (nSPS) is 13.5. The molecule has 1 N–H and O–H groups in total. The van der Waals surface area contributed by atoms with Crippen LogP contribution in [0.25, 0.3) is 0 Å². The second-order valence-electron chi connectivity index (χ2n) is 2.76. The Bertz CT molecular complexity index is 410. The van der Waals surface area contributed by atoms with Crippen LogP contribution in [0.15, 0.2) is 24.3 Å². The third kappa shape index (κ3) is 3.83. The first kappa shape index (κ1) is 8.05. The van der Waals surface area contributed by atoms with Gasteiger partial charge in [0.25, 0.3) is 0 Å². The summed E-state index contributed by atoms with van der Waals surface area (Å²) in [6.45, 7) is -0.500. The maximum absolute atomic E-state index is 11.4. The van der Waals surface area contributed by atoms with Crippen LogP contribution in [0.5, 0.6) is 5.75 Å². The van der Waals surface area contributed by atoms with Gasteiger partial charge >= 0.3 is 6.09 Å². The van der Waals surface area contributed by atoms with Gasteiger partial charge in [0.15, 0.2) is 0 Å². The lowest BCUT2D eigenvalue weighted by atomic mass is 10.2. The fraction of sp³-hybridized carbons (Fsp3) is 0.364. The maximum Gasteiger partial charge on any atom is 0.412 e. The molecule has 1 aromatic rings. The Hall–Kier alpha value is -1.16. The SMILES string of the molecule is [2H]C([2H])([2H])NC(=O)Oc1ccccc1CSCC. The molecule has 3 nitrogen and oxygen atoms in total. The van der Waals surface area contributed by atoms with E-state index in [1.165, 1.54) is 0 Å². The molecular formula is C11H15NO2S. The number of carbonyl (C=O) groups excluding carboxylic acids is 1. The highest BCUT2D eigenvalue weighted by molar-refractivity contribution is 7.98. The second kappa shape index (κ2) is 6.35. The molecule has 1 rings (SSSR count). The molecule has 0 heterocycles. The predicted octanol–water partition coefficient (Wildman–Crippen LogP) is 2.66. The van der Waals surface area contributed by atoms with E-state index < -0.39 is 13.1 Å². The van der Waals surface area contributed by atoms with Crippen molar-refractivity contribution in [3.8, 4) is 5.75 Å². The topological polar surface area (TPSA) is 38.3 Å². The van der Waals surface area contributed by atoms with Crippen molar-refractivity contribution in [2.45, 2.75) is 12.7 Å². The van der Waals surface area contributed by atoms with Crippen molar-refractivity contribution in [2.24, 2.45) is 0 Å². The van der Waals surface area contributed by atoms with Crippen LogP contribution in [-0.2, 0) is 5.75 Å². The Morgan fingerprint density at radius 1 is 1.60 bits per heavy atom. The van der Waals surface area contributed by atoms with Crippen molar-refractivity contribution < 1.29 is 13.6 Å². The quantitative estimate of drug-likeness (QED) is 0.861. The highest BCUT2D eigenvalue weighted by Gasteiger charge is 2.06. The smallest absolute Gasteiger partial charge is 0.410 e. The number of hydrogen-bond donors (Lipinski definition) is 1. The zero-order valence-electron chi connectivity index (χ0n) is 11.4. The monoisotopic (exact) mass is 228 g/mol. The summed E-state index contributed by atoms with van der Waals surface area (Å²) in [6.07, 6.45) is -0.969. The zero-order valence-corrected chi connectivity index (χ0v) is 9.26. The average Bonchev–Trinajstić information content (AvgIpc) is 2.25. The molecule has 0 radical (unpaired) electrons. The summed E-state index contributed by atoms with van der Waals surface area (Å²) in [5.41, 5.74) is 0.866. The number of hydrogen-bond acceptors (Lipinski definition) is 3. The highest BCUT2D eigenvalue weighted by Crippen LogP contribution is 2.22. The molecule has 15 heavy (non-hydrogen) atoms. The number of amides is 1. The van der Waals surface area contributed by atoms with Crippen LogP contribution in [-0.4, -0.2) is 18.8 Å². The van der Waals surface area contributed by atoms with Crippen LogP contribution in [0.2, 0.25) is 0 Å². The first-order valence-electron chi connectivity index (χ1n) is 6.08. The number of para-hydroxylation sites is 1. The Labute approximate surface area is 98.4 Å². The molecule has 4 heteroatoms. The van der Waals surface area contributed by atoms with E-state index in [-0.39, 0.29) is 0 Å². The molecule has 0 spiro atoms. The number of benzene rings is 1. The van der Waals surface area contributed by atoms with E-state index in [9.17, 15) is 4.79 Å². The molecule has 0 fully saturated rings. The first-order chi connectivity index (χ1) is 8.42. The molecule has 0 aliphatic carbocycles. The third-order valence-corrected chi connectivity index (χ3v) is 2.66. The van der Waals surface area contributed by atoms with Crippen molar-refractivity contribution in [3.63, 3.8) is 0 Å². The van der Waals surface area contributed by atoms with E-state index in [1.807, 2.05) is 19.1 Å². The van der Waals surface area contributed by atoms with Gasteiger partial charge in [-0.2, -0.15) is 11.8 Å². The maximum atomic E-state index is 11.4. The molecule has 1 amide bonds. The van der Waals surface area contributed by atoms with E-state index >= 15 is 0 Å². The lowest BCUT2D eigenvalue weighted by Crippen LogP contribution is -2.22. The molecule has 82 valence electrons. The van der Waals surface area contributed by atoms with Gasteiger partial charge in [-0.3, -0.25) is 0 Å². The van der Waals surface area contributed by atoms with Gasteiger partial charge in [0.1, 0.15) is 5.75 Å². The average molecular weight is 228 g/mol. The molecule has 0 aromatic heterocycles. The van der Waals surface area contributed by atoms with Crippen molar-refractivity contribution >= 4 is 17.9 Å². The summed E-state index contributed by atoms with van der Waals surface area (Å²) in [4.78, 5) is 11.4. The number of carbonyl (C=O) groups is 1. The van der Waals surface area contributed by atoms with Crippen molar-refractivity contribution in [1.82, 2.24) is 5.32 Å². The van der Waals surface area contributed by atoms with E-state index in [2.05, 4.69) is 0 Å². The van der Waals surface area contributed by atoms with Crippen LogP contribution in [0.4, 0.5) is 4.79 Å². The largest absolute Gasteiger partial charge is 0.412 e. The number of ether oxygens (including phenoxy) is 1. The van der Waals surface area contributed by atoms with Gasteiger partial charge in [-0.05, 0) is 11.8 Å². The van der Waals surface area contributed by atoms with Crippen LogP contribution in [0.3, 0.4) is 0 Å². The lowest BCUT2D eigenvalue weighted by molar-refractivity contribution is 0.202. The lowest BCUT2D eigenvalue weighted by Gasteiger charge is -2.08. The van der Waals surface area contributed by atoms with E-state index in [4.69, 9.17) is 8.85 Å². The standard InChI is InChI=1S/C11H15NO2S/c1-3-15-8-9-6-4-5-7-10(9)14-11(13)12-2/h4-7H,3,8H2,1-2H3,(H,12,13)/i2D3. The van der Waals surface area contributed by atoms with Crippen LogP contribution < -0.4 is 10.1 Å². The molecule has 0 aliphatic heterocycles. The van der Waals surface area contributed by atoms with Crippen LogP contribution >= 0.6 is 11.8 Å². The molecule has 0 saturated heterocycles. The minimum Gasteiger partial charge on any atom is -0.410 e. The number of nitrogens with one attached hydrogen (secondary N) is 1. The Balaban J connectivity index is 2.68. The highest BCUT2D eigenvalue weighted by atomic mass is 32.2. The summed E-state index contributed by atoms with van der Waals surface area (Å²) in [7, 11) is 0. The van der Waals surface area contributed by atoms with Gasteiger partial charge in [-0.25, -0.2) is 4.79 Å². The number of rotatable bonds is 4. The summed E-state index contributed by atoms with van der Waals surface area (Å²) in [6, 6.07) is 7.07. The molecule has 0 saturated carbocycles. The fourth-order valence-electron chi connectivity index (χ4n) is 1.06. The van der Waals surface area contributed by atoms with Gasteiger partial charge in [0, 0.05) is 22.4 Å². The predicted molar refractivity (Wildman–Crippen MR) is 63.4 cm³/mol. The van der Waals surface area contributed by atoms with Crippen molar-refractivity contribution in [2.75, 3.05) is 12.7 Å². The van der Waals surface area contributed by atoms with Crippen LogP contribution in [0, 0.1) is 0 Å². The van der Waals surface area contributed by atoms with Gasteiger partial charge in [0.2, 0.25) is 0 Å². The Morgan fingerprint density at radius 3 is 3.13 bits per heavy atom. The third-order valence-electron chi connectivity index (χ3n) is 1.74. The summed E-state index contributed by atoms with van der Waals surface area (Å²) in [5.74, 6) is 2.06.